The number of amides is 2. The van der Waals surface area contributed by atoms with Crippen molar-refractivity contribution in [3.8, 4) is 5.75 Å². The monoisotopic (exact) mass is 455 g/mol. The molecule has 0 bridgehead atoms. The number of carbonyl (C=O) groups excluding carboxylic acids is 2. The number of imide groups is 1. The lowest BCUT2D eigenvalue weighted by molar-refractivity contribution is -0.384. The third-order valence-corrected chi connectivity index (χ3v) is 7.82. The molecule has 1 fully saturated rings. The van der Waals surface area contributed by atoms with E-state index in [2.05, 4.69) is 4.98 Å². The van der Waals surface area contributed by atoms with Crippen LogP contribution in [0.15, 0.2) is 58.4 Å². The third-order valence-electron chi connectivity index (χ3n) is 5.41. The molecule has 0 aliphatic carbocycles. The normalized spacial score (nSPS) is 22.3. The Morgan fingerprint density at radius 3 is 2.42 bits per heavy atom. The van der Waals surface area contributed by atoms with Gasteiger partial charge in [-0.05, 0) is 18.2 Å². The maximum Gasteiger partial charge on any atom is 0.305 e. The highest BCUT2D eigenvalue weighted by Crippen LogP contribution is 2.54. The van der Waals surface area contributed by atoms with E-state index in [9.17, 15) is 29.6 Å². The first-order valence-electron chi connectivity index (χ1n) is 9.16. The molecule has 2 aliphatic rings. The van der Waals surface area contributed by atoms with Crippen molar-refractivity contribution in [3.05, 3.63) is 78.8 Å². The number of carbonyl (C=O) groups is 2. The number of nitrogens with zero attached hydrogens (tertiary/aromatic N) is 2. The number of anilines is 1. The molecule has 2 aromatic carbocycles. The fourth-order valence-electron chi connectivity index (χ4n) is 4.08. The number of aromatic amines is 1. The van der Waals surface area contributed by atoms with Gasteiger partial charge in [0.15, 0.2) is 0 Å². The number of hydrogen-bond donors (Lipinski definition) is 2. The number of nitro groups is 1. The number of thiazole rings is 1. The van der Waals surface area contributed by atoms with Crippen molar-refractivity contribution in [1.29, 1.82) is 0 Å². The van der Waals surface area contributed by atoms with Crippen LogP contribution in [-0.2, 0) is 9.59 Å². The van der Waals surface area contributed by atoms with Crippen LogP contribution in [0.4, 0.5) is 11.4 Å². The molecule has 3 aromatic rings. The second-order valence-electron chi connectivity index (χ2n) is 7.09. The number of phenols is 1. The number of thioether (sulfide) groups is 1. The number of nitrogens with one attached hydrogen (secondary N) is 1. The number of nitro benzene ring substituents is 1. The lowest BCUT2D eigenvalue weighted by Crippen LogP contribution is -2.32. The number of H-pyrrole nitrogens is 1. The van der Waals surface area contributed by atoms with E-state index in [1.807, 2.05) is 0 Å². The Labute approximate surface area is 182 Å². The molecule has 2 amide bonds. The van der Waals surface area contributed by atoms with E-state index in [4.69, 9.17) is 0 Å². The van der Waals surface area contributed by atoms with Gasteiger partial charge in [-0.3, -0.25) is 24.5 Å². The Balaban J connectivity index is 1.63. The maximum atomic E-state index is 13.5. The zero-order chi connectivity index (χ0) is 21.9. The van der Waals surface area contributed by atoms with Crippen LogP contribution in [-0.4, -0.2) is 32.1 Å². The van der Waals surface area contributed by atoms with Crippen LogP contribution in [0.2, 0.25) is 0 Å². The standard InChI is InChI=1S/C20H13N3O6S2/c24-12-4-2-1-3-11(12)13-14-16(30-17-15(13)31-20(27)21-17)19(26)22(18(14)25)9-5-7-10(8-6-9)23(28)29/h1-8,13-14,16,24H,(H,21,27). The Hall–Kier alpha value is -3.44. The number of hydrogen-bond acceptors (Lipinski definition) is 8. The molecule has 5 rings (SSSR count). The predicted octanol–water partition coefficient (Wildman–Crippen LogP) is 2.85. The summed E-state index contributed by atoms with van der Waals surface area (Å²) >= 11 is 2.08. The lowest BCUT2D eigenvalue weighted by Gasteiger charge is -2.30. The molecule has 156 valence electrons. The average Bonchev–Trinajstić information content (AvgIpc) is 3.23. The van der Waals surface area contributed by atoms with Gasteiger partial charge in [-0.15, -0.1) is 0 Å². The number of para-hydroxylation sites is 1. The van der Waals surface area contributed by atoms with E-state index in [1.54, 1.807) is 18.2 Å². The van der Waals surface area contributed by atoms with Gasteiger partial charge in [0, 0.05) is 28.5 Å². The summed E-state index contributed by atoms with van der Waals surface area (Å²) < 4.78 is 0. The van der Waals surface area contributed by atoms with Crippen molar-refractivity contribution in [2.75, 3.05) is 4.90 Å². The summed E-state index contributed by atoms with van der Waals surface area (Å²) in [6.07, 6.45) is 0. The highest BCUT2D eigenvalue weighted by atomic mass is 32.2. The molecule has 2 N–H and O–H groups in total. The summed E-state index contributed by atoms with van der Waals surface area (Å²) in [7, 11) is 0. The molecule has 11 heteroatoms. The molecule has 3 atom stereocenters. The van der Waals surface area contributed by atoms with E-state index in [-0.39, 0.29) is 22.0 Å². The minimum absolute atomic E-state index is 0.0287. The predicted molar refractivity (Wildman–Crippen MR) is 114 cm³/mol. The molecule has 0 spiro atoms. The Morgan fingerprint density at radius 2 is 1.74 bits per heavy atom. The second-order valence-corrected chi connectivity index (χ2v) is 9.26. The summed E-state index contributed by atoms with van der Waals surface area (Å²) in [5.74, 6) is -2.48. The van der Waals surface area contributed by atoms with E-state index in [0.29, 0.717) is 15.5 Å². The summed E-state index contributed by atoms with van der Waals surface area (Å²) in [5.41, 5.74) is 0.547. The Bertz CT molecular complexity index is 1300. The lowest BCUT2D eigenvalue weighted by atomic mass is 9.82. The second kappa shape index (κ2) is 7.06. The Kier molecular flexibility index (Phi) is 4.45. The SMILES string of the molecule is O=C1C2Sc3[nH]c(=O)sc3C(c3ccccc3O)C2C(=O)N1c1ccc([N+](=O)[O-])cc1. The Morgan fingerprint density at radius 1 is 1.03 bits per heavy atom. The number of aromatic nitrogens is 1. The van der Waals surface area contributed by atoms with Crippen molar-refractivity contribution in [3.63, 3.8) is 0 Å². The van der Waals surface area contributed by atoms with Crippen molar-refractivity contribution >= 4 is 46.3 Å². The van der Waals surface area contributed by atoms with Gasteiger partial charge in [0.25, 0.3) is 5.69 Å². The highest BCUT2D eigenvalue weighted by molar-refractivity contribution is 8.00. The van der Waals surface area contributed by atoms with Crippen LogP contribution >= 0.6 is 23.1 Å². The zero-order valence-corrected chi connectivity index (χ0v) is 17.2. The van der Waals surface area contributed by atoms with Crippen LogP contribution in [0.3, 0.4) is 0 Å². The van der Waals surface area contributed by atoms with Gasteiger partial charge in [-0.2, -0.15) is 0 Å². The summed E-state index contributed by atoms with van der Waals surface area (Å²) in [6, 6.07) is 11.7. The summed E-state index contributed by atoms with van der Waals surface area (Å²) in [6.45, 7) is 0. The average molecular weight is 455 g/mol. The smallest absolute Gasteiger partial charge is 0.305 e. The van der Waals surface area contributed by atoms with E-state index < -0.39 is 33.8 Å². The van der Waals surface area contributed by atoms with Crippen LogP contribution in [0.1, 0.15) is 16.4 Å². The van der Waals surface area contributed by atoms with Crippen molar-refractivity contribution in [1.82, 2.24) is 4.98 Å². The number of fused-ring (bicyclic) bond motifs is 2. The number of aromatic hydroxyl groups is 1. The van der Waals surface area contributed by atoms with Crippen molar-refractivity contribution in [2.24, 2.45) is 5.92 Å². The molecule has 0 saturated carbocycles. The van der Waals surface area contributed by atoms with Gasteiger partial charge in [0.1, 0.15) is 11.0 Å². The van der Waals surface area contributed by atoms with Crippen molar-refractivity contribution < 1.29 is 19.6 Å². The minimum Gasteiger partial charge on any atom is -0.508 e. The highest BCUT2D eigenvalue weighted by Gasteiger charge is 2.56. The van der Waals surface area contributed by atoms with Crippen LogP contribution < -0.4 is 9.77 Å². The quantitative estimate of drug-likeness (QED) is 0.352. The van der Waals surface area contributed by atoms with Crippen LogP contribution in [0, 0.1) is 16.0 Å². The van der Waals surface area contributed by atoms with Crippen LogP contribution in [0.5, 0.6) is 5.75 Å². The van der Waals surface area contributed by atoms with Gasteiger partial charge >= 0.3 is 4.87 Å². The largest absolute Gasteiger partial charge is 0.508 e. The van der Waals surface area contributed by atoms with Gasteiger partial charge in [-0.1, -0.05) is 41.3 Å². The molecular formula is C20H13N3O6S2. The molecular weight excluding hydrogens is 442 g/mol. The van der Waals surface area contributed by atoms with Gasteiger partial charge in [0.2, 0.25) is 11.8 Å². The third kappa shape index (κ3) is 2.96. The fourth-order valence-corrected chi connectivity index (χ4v) is 6.59. The molecule has 0 radical (unpaired) electrons. The fraction of sp³-hybridized carbons (Fsp3) is 0.150. The van der Waals surface area contributed by atoms with Crippen molar-refractivity contribution in [2.45, 2.75) is 16.2 Å². The first-order chi connectivity index (χ1) is 14.9. The maximum absolute atomic E-state index is 13.5. The molecule has 2 aliphatic heterocycles. The number of rotatable bonds is 3. The number of non-ortho nitro benzene ring substituents is 1. The summed E-state index contributed by atoms with van der Waals surface area (Å²) in [5, 5.41) is 21.1. The minimum atomic E-state index is -0.833. The molecule has 3 unspecified atom stereocenters. The first-order valence-corrected chi connectivity index (χ1v) is 10.9. The van der Waals surface area contributed by atoms with E-state index in [1.165, 1.54) is 30.3 Å². The van der Waals surface area contributed by atoms with Gasteiger partial charge in [-0.25, -0.2) is 4.90 Å². The topological polar surface area (TPSA) is 134 Å². The van der Waals surface area contributed by atoms with Gasteiger partial charge < -0.3 is 10.1 Å². The van der Waals surface area contributed by atoms with Crippen LogP contribution in [0.25, 0.3) is 0 Å². The zero-order valence-electron chi connectivity index (χ0n) is 15.6. The van der Waals surface area contributed by atoms with E-state index >= 15 is 0 Å². The number of benzene rings is 2. The molecule has 1 aromatic heterocycles. The molecule has 31 heavy (non-hydrogen) atoms. The molecule has 9 nitrogen and oxygen atoms in total. The first kappa shape index (κ1) is 19.5. The summed E-state index contributed by atoms with van der Waals surface area (Å²) in [4.78, 5) is 53.2. The molecule has 3 heterocycles. The molecule has 1 saturated heterocycles. The number of phenolic OH excluding ortho intramolecular Hbond substituents is 1. The van der Waals surface area contributed by atoms with Gasteiger partial charge in [0.05, 0.1) is 21.6 Å². The van der Waals surface area contributed by atoms with E-state index in [0.717, 1.165) is 28.0 Å².